The molecule has 0 aliphatic carbocycles. The molecule has 0 radical (unpaired) electrons. The topological polar surface area (TPSA) is 99.9 Å². The van der Waals surface area contributed by atoms with Crippen LogP contribution in [0.1, 0.15) is 28.2 Å². The summed E-state index contributed by atoms with van der Waals surface area (Å²) in [5.41, 5.74) is 0.473. The van der Waals surface area contributed by atoms with Gasteiger partial charge in [0, 0.05) is 36.4 Å². The van der Waals surface area contributed by atoms with Crippen molar-refractivity contribution in [2.45, 2.75) is 18.9 Å². The van der Waals surface area contributed by atoms with E-state index in [4.69, 9.17) is 18.6 Å². The molecule has 8 nitrogen and oxygen atoms in total. The molecule has 0 spiro atoms. The molecule has 2 aromatic heterocycles. The van der Waals surface area contributed by atoms with E-state index in [0.717, 1.165) is 6.07 Å². The lowest BCUT2D eigenvalue weighted by molar-refractivity contribution is -0.118. The maximum Gasteiger partial charge on any atom is 0.243 e. The smallest absolute Gasteiger partial charge is 0.243 e. The van der Waals surface area contributed by atoms with Crippen molar-refractivity contribution < 1.29 is 37.0 Å². The molecule has 10 heteroatoms. The van der Waals surface area contributed by atoms with Crippen LogP contribution < -0.4 is 14.8 Å². The Labute approximate surface area is 199 Å². The van der Waals surface area contributed by atoms with Crippen molar-refractivity contribution in [2.75, 3.05) is 27.4 Å². The molecule has 184 valence electrons. The molecule has 35 heavy (non-hydrogen) atoms. The van der Waals surface area contributed by atoms with Crippen LogP contribution in [-0.2, 0) is 16.0 Å². The number of ketones is 1. The van der Waals surface area contributed by atoms with Crippen molar-refractivity contribution in [3.05, 3.63) is 65.6 Å². The number of amides is 1. The number of fused-ring (bicyclic) bond motifs is 1. The Morgan fingerprint density at radius 3 is 2.57 bits per heavy atom. The van der Waals surface area contributed by atoms with Crippen LogP contribution in [0.3, 0.4) is 0 Å². The second-order valence-corrected chi connectivity index (χ2v) is 8.06. The summed E-state index contributed by atoms with van der Waals surface area (Å²) in [6, 6.07) is 5.63. The maximum atomic E-state index is 14.8. The average Bonchev–Trinajstić information content (AvgIpc) is 3.29. The number of ether oxygens (including phenoxy) is 3. The zero-order chi connectivity index (χ0) is 25.1. The molecule has 1 amide bonds. The third-order valence-electron chi connectivity index (χ3n) is 5.91. The van der Waals surface area contributed by atoms with Gasteiger partial charge >= 0.3 is 0 Å². The molecule has 1 saturated heterocycles. The summed E-state index contributed by atoms with van der Waals surface area (Å²) < 4.78 is 50.5. The standard InChI is InChI=1S/C25H24F2N2O6/c1-4-21(30)29-15-7-8-34-12-13(15)9-14-5-6-17-16(28-14)10-20(35-17)25(31)22-23(26)18(32-2)11-19(33-3)24(22)27/h4-6,10-11,13,15H,1,7-9,12H2,2-3H3,(H,29,30). The van der Waals surface area contributed by atoms with E-state index in [1.807, 2.05) is 0 Å². The molecule has 0 saturated carbocycles. The van der Waals surface area contributed by atoms with Crippen molar-refractivity contribution in [1.82, 2.24) is 10.3 Å². The third kappa shape index (κ3) is 4.88. The largest absolute Gasteiger partial charge is 0.494 e. The van der Waals surface area contributed by atoms with Crippen LogP contribution in [0.4, 0.5) is 8.78 Å². The summed E-state index contributed by atoms with van der Waals surface area (Å²) in [6.07, 6.45) is 2.39. The number of aromatic nitrogens is 1. The zero-order valence-electron chi connectivity index (χ0n) is 19.2. The molecule has 2 atom stereocenters. The Kier molecular flexibility index (Phi) is 7.11. The number of furan rings is 1. The van der Waals surface area contributed by atoms with Gasteiger partial charge in [0.15, 0.2) is 34.5 Å². The molecule has 3 heterocycles. The van der Waals surface area contributed by atoms with Crippen LogP contribution in [0.5, 0.6) is 11.5 Å². The summed E-state index contributed by atoms with van der Waals surface area (Å²) in [4.78, 5) is 29.3. The van der Waals surface area contributed by atoms with E-state index >= 15 is 0 Å². The SMILES string of the molecule is C=CC(=O)NC1CCOCC1Cc1ccc2oc(C(=O)c3c(F)c(OC)cc(OC)c3F)cc2n1. The van der Waals surface area contributed by atoms with Crippen LogP contribution in [0.15, 0.2) is 41.3 Å². The monoisotopic (exact) mass is 486 g/mol. The van der Waals surface area contributed by atoms with Crippen molar-refractivity contribution >= 4 is 22.8 Å². The van der Waals surface area contributed by atoms with Crippen molar-refractivity contribution in [3.63, 3.8) is 0 Å². The Hall–Kier alpha value is -3.79. The molecule has 2 unspecified atom stereocenters. The van der Waals surface area contributed by atoms with E-state index in [-0.39, 0.29) is 40.7 Å². The number of carbonyl (C=O) groups is 2. The second-order valence-electron chi connectivity index (χ2n) is 8.06. The first-order valence-corrected chi connectivity index (χ1v) is 10.9. The Balaban J connectivity index is 1.62. The molecule has 1 aliphatic rings. The molecule has 3 aromatic rings. The number of hydrogen-bond donors (Lipinski definition) is 1. The minimum Gasteiger partial charge on any atom is -0.494 e. The highest BCUT2D eigenvalue weighted by Crippen LogP contribution is 2.33. The average molecular weight is 486 g/mol. The van der Waals surface area contributed by atoms with Crippen molar-refractivity contribution in [1.29, 1.82) is 0 Å². The normalized spacial score (nSPS) is 17.7. The minimum absolute atomic E-state index is 0.0157. The second kappa shape index (κ2) is 10.2. The molecule has 4 rings (SSSR count). The van der Waals surface area contributed by atoms with E-state index in [2.05, 4.69) is 16.9 Å². The van der Waals surface area contributed by atoms with E-state index in [1.54, 1.807) is 12.1 Å². The highest BCUT2D eigenvalue weighted by molar-refractivity contribution is 6.09. The van der Waals surface area contributed by atoms with E-state index < -0.39 is 23.0 Å². The first-order chi connectivity index (χ1) is 16.9. The number of methoxy groups -OCH3 is 2. The van der Waals surface area contributed by atoms with Gasteiger partial charge in [-0.3, -0.25) is 9.59 Å². The number of nitrogens with zero attached hydrogens (tertiary/aromatic N) is 1. The van der Waals surface area contributed by atoms with Crippen LogP contribution >= 0.6 is 0 Å². The van der Waals surface area contributed by atoms with Gasteiger partial charge in [0.2, 0.25) is 11.7 Å². The molecule has 0 bridgehead atoms. The number of nitrogens with one attached hydrogen (secondary N) is 1. The van der Waals surface area contributed by atoms with Gasteiger partial charge in [0.1, 0.15) is 11.1 Å². The molecule has 1 N–H and O–H groups in total. The molecular formula is C25H24F2N2O6. The number of carbonyl (C=O) groups excluding carboxylic acids is 2. The van der Waals surface area contributed by atoms with Gasteiger partial charge in [0.05, 0.1) is 20.8 Å². The highest BCUT2D eigenvalue weighted by atomic mass is 19.1. The summed E-state index contributed by atoms with van der Waals surface area (Å²) in [7, 11) is 2.39. The predicted molar refractivity (Wildman–Crippen MR) is 122 cm³/mol. The number of pyridine rings is 1. The van der Waals surface area contributed by atoms with Gasteiger partial charge in [-0.2, -0.15) is 0 Å². The number of halogens is 2. The Morgan fingerprint density at radius 2 is 1.91 bits per heavy atom. The van der Waals surface area contributed by atoms with Crippen molar-refractivity contribution in [3.8, 4) is 11.5 Å². The van der Waals surface area contributed by atoms with Crippen LogP contribution in [0.2, 0.25) is 0 Å². The number of rotatable bonds is 8. The van der Waals surface area contributed by atoms with E-state index in [9.17, 15) is 18.4 Å². The van der Waals surface area contributed by atoms with Gasteiger partial charge in [-0.1, -0.05) is 6.58 Å². The van der Waals surface area contributed by atoms with Crippen LogP contribution in [0, 0.1) is 17.6 Å². The lowest BCUT2D eigenvalue weighted by Gasteiger charge is -2.31. The number of benzene rings is 1. The summed E-state index contributed by atoms with van der Waals surface area (Å²) in [6.45, 7) is 4.48. The molecular weight excluding hydrogens is 462 g/mol. The van der Waals surface area contributed by atoms with Crippen LogP contribution in [-0.4, -0.2) is 50.1 Å². The first-order valence-electron chi connectivity index (χ1n) is 10.9. The zero-order valence-corrected chi connectivity index (χ0v) is 19.2. The first kappa shape index (κ1) is 24.3. The Bertz CT molecular complexity index is 1260. The van der Waals surface area contributed by atoms with E-state index in [0.29, 0.717) is 37.3 Å². The van der Waals surface area contributed by atoms with Gasteiger partial charge in [0.25, 0.3) is 0 Å². The van der Waals surface area contributed by atoms with Gasteiger partial charge < -0.3 is 23.9 Å². The molecule has 1 fully saturated rings. The summed E-state index contributed by atoms with van der Waals surface area (Å²) in [5.74, 6) is -4.55. The summed E-state index contributed by atoms with van der Waals surface area (Å²) in [5, 5.41) is 2.92. The minimum atomic E-state index is -1.16. The lowest BCUT2D eigenvalue weighted by atomic mass is 9.91. The van der Waals surface area contributed by atoms with Crippen LogP contribution in [0.25, 0.3) is 11.1 Å². The fourth-order valence-corrected chi connectivity index (χ4v) is 4.10. The van der Waals surface area contributed by atoms with Gasteiger partial charge in [-0.15, -0.1) is 0 Å². The molecule has 1 aromatic carbocycles. The van der Waals surface area contributed by atoms with Gasteiger partial charge in [-0.25, -0.2) is 13.8 Å². The lowest BCUT2D eigenvalue weighted by Crippen LogP contribution is -2.45. The van der Waals surface area contributed by atoms with Crippen molar-refractivity contribution in [2.24, 2.45) is 5.92 Å². The molecule has 1 aliphatic heterocycles. The third-order valence-corrected chi connectivity index (χ3v) is 5.91. The fraction of sp³-hybridized carbons (Fsp3) is 0.320. The maximum absolute atomic E-state index is 14.8. The highest BCUT2D eigenvalue weighted by Gasteiger charge is 2.30. The predicted octanol–water partition coefficient (Wildman–Crippen LogP) is 3.60. The Morgan fingerprint density at radius 1 is 1.20 bits per heavy atom. The fourth-order valence-electron chi connectivity index (χ4n) is 4.10. The van der Waals surface area contributed by atoms with E-state index in [1.165, 1.54) is 26.4 Å². The van der Waals surface area contributed by atoms with Gasteiger partial charge in [-0.05, 0) is 31.1 Å². The number of hydrogen-bond acceptors (Lipinski definition) is 7. The quantitative estimate of drug-likeness (QED) is 0.384. The summed E-state index contributed by atoms with van der Waals surface area (Å²) >= 11 is 0.